The Labute approximate surface area is 96.2 Å². The molecule has 16 heavy (non-hydrogen) atoms. The summed E-state index contributed by atoms with van der Waals surface area (Å²) in [7, 11) is 5.55. The van der Waals surface area contributed by atoms with Gasteiger partial charge in [0.1, 0.15) is 13.4 Å². The highest BCUT2D eigenvalue weighted by Gasteiger charge is 2.23. The predicted molar refractivity (Wildman–Crippen MR) is 61.6 cm³/mol. The maximum Gasteiger partial charge on any atom is 0.191 e. The summed E-state index contributed by atoms with van der Waals surface area (Å²) in [6.07, 6.45) is 0. The van der Waals surface area contributed by atoms with Crippen molar-refractivity contribution in [2.45, 2.75) is 40.2 Å². The highest BCUT2D eigenvalue weighted by molar-refractivity contribution is 6.33. The lowest BCUT2D eigenvalue weighted by Crippen LogP contribution is -2.27. The second-order valence-electron chi connectivity index (χ2n) is 4.84. The maximum absolute atomic E-state index is 13.8. The van der Waals surface area contributed by atoms with Crippen molar-refractivity contribution in [1.82, 2.24) is 0 Å². The van der Waals surface area contributed by atoms with Gasteiger partial charge in [0.15, 0.2) is 17.4 Å². The van der Waals surface area contributed by atoms with Crippen molar-refractivity contribution < 1.29 is 13.5 Å². The van der Waals surface area contributed by atoms with Crippen molar-refractivity contribution in [3.05, 3.63) is 22.8 Å². The molecule has 0 aromatic heterocycles. The minimum absolute atomic E-state index is 0.0573. The lowest BCUT2D eigenvalue weighted by atomic mass is 9.87. The van der Waals surface area contributed by atoms with Gasteiger partial charge in [-0.05, 0) is 45.7 Å². The number of halogens is 2. The van der Waals surface area contributed by atoms with Crippen LogP contribution in [0.1, 0.15) is 31.9 Å². The van der Waals surface area contributed by atoms with Gasteiger partial charge in [-0.1, -0.05) is 5.46 Å². The normalized spacial score (nSPS) is 11.7. The number of hydrogen-bond acceptors (Lipinski definition) is 1. The summed E-state index contributed by atoms with van der Waals surface area (Å²) in [4.78, 5) is 0. The highest BCUT2D eigenvalue weighted by atomic mass is 19.1. The summed E-state index contributed by atoms with van der Waals surface area (Å²) < 4.78 is 32.8. The monoisotopic (exact) mass is 224 g/mol. The molecule has 0 aliphatic carbocycles. The van der Waals surface area contributed by atoms with Gasteiger partial charge in [-0.15, -0.1) is 0 Å². The first-order valence-electron chi connectivity index (χ1n) is 5.07. The van der Waals surface area contributed by atoms with Crippen molar-refractivity contribution in [2.24, 2.45) is 0 Å². The predicted octanol–water partition coefficient (Wildman–Crippen LogP) is 2.55. The van der Waals surface area contributed by atoms with E-state index in [4.69, 9.17) is 12.6 Å². The van der Waals surface area contributed by atoms with Gasteiger partial charge in [-0.25, -0.2) is 8.78 Å². The van der Waals surface area contributed by atoms with Crippen LogP contribution in [0.25, 0.3) is 0 Å². The van der Waals surface area contributed by atoms with Crippen LogP contribution in [0.4, 0.5) is 8.78 Å². The Morgan fingerprint density at radius 1 is 1.00 bits per heavy atom. The van der Waals surface area contributed by atoms with Gasteiger partial charge >= 0.3 is 0 Å². The van der Waals surface area contributed by atoms with Crippen LogP contribution in [-0.4, -0.2) is 13.4 Å². The van der Waals surface area contributed by atoms with Gasteiger partial charge in [0.25, 0.3) is 0 Å². The van der Waals surface area contributed by atoms with Crippen LogP contribution in [0.3, 0.4) is 0 Å². The second-order valence-corrected chi connectivity index (χ2v) is 4.84. The van der Waals surface area contributed by atoms with E-state index in [1.54, 1.807) is 34.6 Å². The standard InChI is InChI=1S/C12H15BF2O/c1-6-7(2)9(14)11(10(15)8(6)13)16-12(3,4)5/h1-5H3. The number of benzene rings is 1. The first-order valence-corrected chi connectivity index (χ1v) is 5.07. The third kappa shape index (κ3) is 2.37. The van der Waals surface area contributed by atoms with Crippen molar-refractivity contribution in [3.8, 4) is 5.75 Å². The Morgan fingerprint density at radius 3 is 1.94 bits per heavy atom. The smallest absolute Gasteiger partial charge is 0.191 e. The SMILES string of the molecule is [B]c1c(C)c(C)c(F)c(OC(C)(C)C)c1F. The van der Waals surface area contributed by atoms with Gasteiger partial charge in [0.05, 0.1) is 0 Å². The molecule has 0 aliphatic heterocycles. The minimum Gasteiger partial charge on any atom is -0.482 e. The van der Waals surface area contributed by atoms with Crippen molar-refractivity contribution in [2.75, 3.05) is 0 Å². The molecule has 0 heterocycles. The Hall–Kier alpha value is -1.06. The fourth-order valence-electron chi connectivity index (χ4n) is 1.32. The fraction of sp³-hybridized carbons (Fsp3) is 0.500. The van der Waals surface area contributed by atoms with E-state index in [1.165, 1.54) is 0 Å². The average Bonchev–Trinajstić information content (AvgIpc) is 2.17. The number of hydrogen-bond donors (Lipinski definition) is 0. The van der Waals surface area contributed by atoms with Crippen LogP contribution in [0, 0.1) is 25.5 Å². The molecule has 2 radical (unpaired) electrons. The summed E-state index contributed by atoms with van der Waals surface area (Å²) in [6, 6.07) is 0. The minimum atomic E-state index is -0.824. The van der Waals surface area contributed by atoms with E-state index in [2.05, 4.69) is 0 Å². The lowest BCUT2D eigenvalue weighted by Gasteiger charge is -2.24. The molecule has 1 rings (SSSR count). The topological polar surface area (TPSA) is 9.23 Å². The number of ether oxygens (including phenoxy) is 1. The molecule has 0 saturated heterocycles. The van der Waals surface area contributed by atoms with E-state index in [1.807, 2.05) is 0 Å². The Bertz CT molecular complexity index is 393. The third-order valence-corrected chi connectivity index (χ3v) is 2.34. The Balaban J connectivity index is 3.40. The summed E-state index contributed by atoms with van der Waals surface area (Å²) in [6.45, 7) is 8.29. The molecule has 0 bridgehead atoms. The molecule has 0 atom stereocenters. The van der Waals surface area contributed by atoms with Crippen molar-refractivity contribution >= 4 is 13.3 Å². The van der Waals surface area contributed by atoms with E-state index in [9.17, 15) is 8.78 Å². The van der Waals surface area contributed by atoms with E-state index >= 15 is 0 Å². The molecule has 0 unspecified atom stereocenters. The van der Waals surface area contributed by atoms with Gasteiger partial charge < -0.3 is 4.74 Å². The first kappa shape index (κ1) is 13.0. The van der Waals surface area contributed by atoms with E-state index in [0.717, 1.165) is 0 Å². The van der Waals surface area contributed by atoms with Crippen LogP contribution in [0.2, 0.25) is 0 Å². The van der Waals surface area contributed by atoms with Crippen LogP contribution >= 0.6 is 0 Å². The van der Waals surface area contributed by atoms with Gasteiger partial charge in [-0.2, -0.15) is 0 Å². The Morgan fingerprint density at radius 2 is 1.50 bits per heavy atom. The van der Waals surface area contributed by atoms with Crippen LogP contribution in [-0.2, 0) is 0 Å². The van der Waals surface area contributed by atoms with Crippen LogP contribution in [0.5, 0.6) is 5.75 Å². The molecular weight excluding hydrogens is 209 g/mol. The largest absolute Gasteiger partial charge is 0.482 e. The molecule has 0 aliphatic rings. The maximum atomic E-state index is 13.8. The van der Waals surface area contributed by atoms with E-state index < -0.39 is 23.0 Å². The molecule has 0 saturated carbocycles. The van der Waals surface area contributed by atoms with Crippen LogP contribution < -0.4 is 10.2 Å². The quantitative estimate of drug-likeness (QED) is 0.666. The summed E-state index contributed by atoms with van der Waals surface area (Å²) in [5.74, 6) is -1.90. The second kappa shape index (κ2) is 4.08. The molecule has 0 N–H and O–H groups in total. The molecule has 0 spiro atoms. The molecule has 1 aromatic rings. The van der Waals surface area contributed by atoms with E-state index in [0.29, 0.717) is 11.1 Å². The Kier molecular flexibility index (Phi) is 3.31. The van der Waals surface area contributed by atoms with Crippen LogP contribution in [0.15, 0.2) is 0 Å². The molecule has 86 valence electrons. The zero-order chi connectivity index (χ0) is 12.7. The lowest BCUT2D eigenvalue weighted by molar-refractivity contribution is 0.117. The van der Waals surface area contributed by atoms with Gasteiger partial charge in [0, 0.05) is 0 Å². The fourth-order valence-corrected chi connectivity index (χ4v) is 1.32. The van der Waals surface area contributed by atoms with Crippen molar-refractivity contribution in [3.63, 3.8) is 0 Å². The molecule has 1 nitrogen and oxygen atoms in total. The molecule has 0 fully saturated rings. The molecule has 1 aromatic carbocycles. The summed E-state index contributed by atoms with van der Waals surface area (Å²) in [5.41, 5.74) is 0.00285. The van der Waals surface area contributed by atoms with Gasteiger partial charge in [-0.3, -0.25) is 0 Å². The summed E-state index contributed by atoms with van der Waals surface area (Å²) >= 11 is 0. The third-order valence-electron chi connectivity index (χ3n) is 2.34. The highest BCUT2D eigenvalue weighted by Crippen LogP contribution is 2.28. The van der Waals surface area contributed by atoms with Gasteiger partial charge in [0.2, 0.25) is 0 Å². The first-order chi connectivity index (χ1) is 7.15. The zero-order valence-electron chi connectivity index (χ0n) is 10.2. The average molecular weight is 224 g/mol. The number of rotatable bonds is 1. The molecular formula is C12H15BF2O. The van der Waals surface area contributed by atoms with Crippen molar-refractivity contribution in [1.29, 1.82) is 0 Å². The zero-order valence-corrected chi connectivity index (χ0v) is 10.2. The molecule has 0 amide bonds. The molecule has 4 heteroatoms. The van der Waals surface area contributed by atoms with E-state index in [-0.39, 0.29) is 5.46 Å². The summed E-state index contributed by atoms with van der Waals surface area (Å²) in [5, 5.41) is 0.